The minimum Gasteiger partial charge on any atom is -0.326 e. The highest BCUT2D eigenvalue weighted by Gasteiger charge is 2.22. The molecule has 0 fully saturated rings. The first kappa shape index (κ1) is 15.9. The van der Waals surface area contributed by atoms with Crippen LogP contribution < -0.4 is 10.5 Å². The van der Waals surface area contributed by atoms with Crippen molar-refractivity contribution in [1.82, 2.24) is 0 Å². The molecule has 1 aromatic heterocycles. The second kappa shape index (κ2) is 6.10. The molecule has 0 aliphatic carbocycles. The normalized spacial score (nSPS) is 11.6. The first-order valence-electron chi connectivity index (χ1n) is 5.29. The van der Waals surface area contributed by atoms with Crippen LogP contribution in [0.15, 0.2) is 37.4 Å². The molecule has 2 rings (SSSR count). The summed E-state index contributed by atoms with van der Waals surface area (Å²) in [6, 6.07) is 5.49. The van der Waals surface area contributed by atoms with Gasteiger partial charge in [-0.1, -0.05) is 15.9 Å². The van der Waals surface area contributed by atoms with Crippen LogP contribution >= 0.6 is 43.2 Å². The predicted molar refractivity (Wildman–Crippen MR) is 84.8 cm³/mol. The number of benzene rings is 1. The SMILES string of the molecule is NCc1cc(S(=O)(=O)Nc2cc(Br)ccc2F)c(Br)s1. The van der Waals surface area contributed by atoms with Gasteiger partial charge in [0.05, 0.1) is 9.47 Å². The first-order valence-corrected chi connectivity index (χ1v) is 9.18. The number of thiophene rings is 1. The summed E-state index contributed by atoms with van der Waals surface area (Å²) in [7, 11) is -3.88. The van der Waals surface area contributed by atoms with Crippen LogP contribution in [0.25, 0.3) is 0 Å². The Kier molecular flexibility index (Phi) is 4.85. The fourth-order valence-electron chi connectivity index (χ4n) is 1.46. The lowest BCUT2D eigenvalue weighted by Crippen LogP contribution is -2.13. The molecule has 1 heterocycles. The van der Waals surface area contributed by atoms with Crippen molar-refractivity contribution < 1.29 is 12.8 Å². The Hall–Kier alpha value is -0.480. The lowest BCUT2D eigenvalue weighted by Gasteiger charge is -2.08. The van der Waals surface area contributed by atoms with Crippen LogP contribution in [0.1, 0.15) is 4.88 Å². The molecule has 20 heavy (non-hydrogen) atoms. The molecule has 1 aromatic carbocycles. The van der Waals surface area contributed by atoms with E-state index in [1.807, 2.05) is 0 Å². The van der Waals surface area contributed by atoms with E-state index >= 15 is 0 Å². The van der Waals surface area contributed by atoms with Crippen molar-refractivity contribution in [2.75, 3.05) is 4.72 Å². The van der Waals surface area contributed by atoms with Gasteiger partial charge in [0.1, 0.15) is 10.7 Å². The monoisotopic (exact) mass is 442 g/mol. The molecule has 2 aromatic rings. The molecule has 0 bridgehead atoms. The van der Waals surface area contributed by atoms with Crippen LogP contribution in [0.5, 0.6) is 0 Å². The average Bonchev–Trinajstić information content (AvgIpc) is 2.76. The first-order chi connectivity index (χ1) is 9.33. The third kappa shape index (κ3) is 3.40. The largest absolute Gasteiger partial charge is 0.326 e. The Balaban J connectivity index is 2.40. The second-order valence-electron chi connectivity index (χ2n) is 3.78. The molecule has 0 saturated heterocycles. The molecule has 0 aliphatic heterocycles. The van der Waals surface area contributed by atoms with Gasteiger partial charge in [0.2, 0.25) is 0 Å². The summed E-state index contributed by atoms with van der Waals surface area (Å²) in [6.45, 7) is 0.240. The number of hydrogen-bond donors (Lipinski definition) is 2. The lowest BCUT2D eigenvalue weighted by atomic mass is 10.3. The number of nitrogens with one attached hydrogen (secondary N) is 1. The van der Waals surface area contributed by atoms with Crippen molar-refractivity contribution >= 4 is 58.9 Å². The van der Waals surface area contributed by atoms with Gasteiger partial charge < -0.3 is 5.73 Å². The zero-order valence-corrected chi connectivity index (χ0v) is 14.7. The highest BCUT2D eigenvalue weighted by molar-refractivity contribution is 9.11. The molecular formula is C11H9Br2FN2O2S2. The number of sulfonamides is 1. The minimum atomic E-state index is -3.88. The zero-order chi connectivity index (χ0) is 14.9. The summed E-state index contributed by atoms with van der Waals surface area (Å²) in [5, 5.41) is 0. The molecule has 0 amide bonds. The number of halogens is 3. The Morgan fingerprint density at radius 1 is 1.30 bits per heavy atom. The summed E-state index contributed by atoms with van der Waals surface area (Å²) in [5.74, 6) is -0.651. The van der Waals surface area contributed by atoms with Gasteiger partial charge in [-0.25, -0.2) is 12.8 Å². The summed E-state index contributed by atoms with van der Waals surface area (Å²) in [5.41, 5.74) is 5.36. The predicted octanol–water partition coefficient (Wildman–Crippen LogP) is 3.67. The fraction of sp³-hybridized carbons (Fsp3) is 0.0909. The van der Waals surface area contributed by atoms with Crippen LogP contribution in [0, 0.1) is 5.82 Å². The molecular weight excluding hydrogens is 435 g/mol. The van der Waals surface area contributed by atoms with Crippen LogP contribution in [0.2, 0.25) is 0 Å². The molecule has 0 radical (unpaired) electrons. The molecule has 0 unspecified atom stereocenters. The molecule has 0 spiro atoms. The van der Waals surface area contributed by atoms with Crippen LogP contribution in [-0.4, -0.2) is 8.42 Å². The third-order valence-corrected chi connectivity index (χ3v) is 6.50. The summed E-state index contributed by atoms with van der Waals surface area (Å²) in [4.78, 5) is 0.759. The summed E-state index contributed by atoms with van der Waals surface area (Å²) in [6.07, 6.45) is 0. The van der Waals surface area contributed by atoms with Crippen LogP contribution in [0.4, 0.5) is 10.1 Å². The van der Waals surface area contributed by atoms with Crippen molar-refractivity contribution in [3.63, 3.8) is 0 Å². The van der Waals surface area contributed by atoms with Gasteiger partial charge >= 0.3 is 0 Å². The summed E-state index contributed by atoms with van der Waals surface area (Å²) < 4.78 is 41.4. The van der Waals surface area contributed by atoms with Crippen molar-refractivity contribution in [2.45, 2.75) is 11.4 Å². The summed E-state index contributed by atoms with van der Waals surface area (Å²) >= 11 is 7.57. The van der Waals surface area contributed by atoms with Gasteiger partial charge in [0.25, 0.3) is 10.0 Å². The Morgan fingerprint density at radius 3 is 2.60 bits per heavy atom. The van der Waals surface area contributed by atoms with E-state index in [9.17, 15) is 12.8 Å². The Morgan fingerprint density at radius 2 is 2.00 bits per heavy atom. The Bertz CT molecular complexity index is 747. The molecule has 4 nitrogen and oxygen atoms in total. The number of hydrogen-bond acceptors (Lipinski definition) is 4. The molecule has 0 saturated carbocycles. The maximum Gasteiger partial charge on any atom is 0.263 e. The topological polar surface area (TPSA) is 72.2 Å². The molecule has 3 N–H and O–H groups in total. The maximum atomic E-state index is 13.6. The average molecular weight is 444 g/mol. The molecule has 108 valence electrons. The molecule has 0 aliphatic rings. The minimum absolute atomic E-state index is 0.0438. The second-order valence-corrected chi connectivity index (χ2v) is 8.81. The van der Waals surface area contributed by atoms with Crippen molar-refractivity contribution in [2.24, 2.45) is 5.73 Å². The third-order valence-electron chi connectivity index (χ3n) is 2.37. The molecule has 9 heteroatoms. The number of rotatable bonds is 4. The van der Waals surface area contributed by atoms with E-state index in [0.717, 1.165) is 0 Å². The van der Waals surface area contributed by atoms with Crippen molar-refractivity contribution in [1.29, 1.82) is 0 Å². The van der Waals surface area contributed by atoms with Gasteiger partial charge in [0.15, 0.2) is 0 Å². The van der Waals surface area contributed by atoms with Gasteiger partial charge in [0, 0.05) is 15.9 Å². The van der Waals surface area contributed by atoms with Gasteiger partial charge in [-0.05, 0) is 40.2 Å². The fourth-order valence-corrected chi connectivity index (χ4v) is 5.44. The quantitative estimate of drug-likeness (QED) is 0.757. The Labute approximate surface area is 136 Å². The van der Waals surface area contributed by atoms with Gasteiger partial charge in [-0.15, -0.1) is 11.3 Å². The van der Waals surface area contributed by atoms with Crippen LogP contribution in [-0.2, 0) is 16.6 Å². The highest BCUT2D eigenvalue weighted by Crippen LogP contribution is 2.33. The standard InChI is InChI=1S/C11H9Br2FN2O2S2/c12-6-1-2-8(14)9(3-6)16-20(17,18)10-4-7(5-15)19-11(10)13/h1-4,16H,5,15H2. The van der Waals surface area contributed by atoms with Crippen LogP contribution in [0.3, 0.4) is 0 Å². The van der Waals surface area contributed by atoms with Gasteiger partial charge in [-0.3, -0.25) is 4.72 Å². The van der Waals surface area contributed by atoms with E-state index in [2.05, 4.69) is 36.6 Å². The smallest absolute Gasteiger partial charge is 0.263 e. The van der Waals surface area contributed by atoms with Crippen molar-refractivity contribution in [3.05, 3.63) is 43.2 Å². The zero-order valence-electron chi connectivity index (χ0n) is 9.86. The van der Waals surface area contributed by atoms with E-state index in [1.165, 1.54) is 35.6 Å². The van der Waals surface area contributed by atoms with E-state index in [4.69, 9.17) is 5.73 Å². The lowest BCUT2D eigenvalue weighted by molar-refractivity contribution is 0.598. The number of nitrogens with two attached hydrogens (primary N) is 1. The maximum absolute atomic E-state index is 13.6. The highest BCUT2D eigenvalue weighted by atomic mass is 79.9. The molecule has 0 atom stereocenters. The van der Waals surface area contributed by atoms with Crippen molar-refractivity contribution in [3.8, 4) is 0 Å². The van der Waals surface area contributed by atoms with E-state index in [0.29, 0.717) is 13.1 Å². The van der Waals surface area contributed by atoms with Gasteiger partial charge in [-0.2, -0.15) is 0 Å². The number of anilines is 1. The van der Waals surface area contributed by atoms with E-state index in [-0.39, 0.29) is 17.1 Å². The van der Waals surface area contributed by atoms with E-state index < -0.39 is 15.8 Å². The van der Waals surface area contributed by atoms with E-state index in [1.54, 1.807) is 0 Å².